The molecule has 0 bridgehead atoms. The second kappa shape index (κ2) is 8.18. The second-order valence-corrected chi connectivity index (χ2v) is 3.57. The summed E-state index contributed by atoms with van der Waals surface area (Å²) in [4.78, 5) is 3.99. The van der Waals surface area contributed by atoms with Crippen LogP contribution in [0.4, 0.5) is 0 Å². The minimum atomic E-state index is 1.01. The smallest absolute Gasteiger partial charge is 0.0270 e. The van der Waals surface area contributed by atoms with Gasteiger partial charge in [0.25, 0.3) is 0 Å². The Morgan fingerprint density at radius 3 is 2.73 bits per heavy atom. The molecule has 1 rings (SSSR count). The van der Waals surface area contributed by atoms with E-state index in [2.05, 4.69) is 41.5 Å². The molecule has 15 heavy (non-hydrogen) atoms. The van der Waals surface area contributed by atoms with Crippen molar-refractivity contribution >= 4 is 0 Å². The van der Waals surface area contributed by atoms with Crippen LogP contribution in [-0.4, -0.2) is 18.1 Å². The number of nitrogens with one attached hydrogen (secondary N) is 1. The van der Waals surface area contributed by atoms with Crippen molar-refractivity contribution in [1.29, 1.82) is 0 Å². The molecule has 0 unspecified atom stereocenters. The van der Waals surface area contributed by atoms with E-state index in [1.54, 1.807) is 0 Å². The Bertz CT molecular complexity index is 267. The first-order valence-electron chi connectivity index (χ1n) is 5.68. The molecule has 1 aromatic rings. The molecule has 1 heterocycles. The van der Waals surface area contributed by atoms with Gasteiger partial charge < -0.3 is 5.32 Å². The molecule has 1 aromatic heterocycles. The third kappa shape index (κ3) is 6.02. The van der Waals surface area contributed by atoms with Crippen LogP contribution in [0.3, 0.4) is 0 Å². The van der Waals surface area contributed by atoms with E-state index in [1.807, 2.05) is 12.4 Å². The summed E-state index contributed by atoms with van der Waals surface area (Å²) in [5.74, 6) is 0. The Balaban J connectivity index is 2.07. The zero-order valence-corrected chi connectivity index (χ0v) is 9.45. The zero-order valence-electron chi connectivity index (χ0n) is 9.45. The molecule has 0 radical (unpaired) electrons. The predicted molar refractivity (Wildman–Crippen MR) is 64.9 cm³/mol. The number of hydrogen-bond acceptors (Lipinski definition) is 2. The predicted octanol–water partition coefficient (Wildman–Crippen LogP) is 2.57. The van der Waals surface area contributed by atoms with Crippen molar-refractivity contribution in [3.05, 3.63) is 42.2 Å². The summed E-state index contributed by atoms with van der Waals surface area (Å²) in [7, 11) is 0. The molecule has 0 aromatic carbocycles. The van der Waals surface area contributed by atoms with Crippen LogP contribution in [0.25, 0.3) is 0 Å². The van der Waals surface area contributed by atoms with Gasteiger partial charge in [-0.1, -0.05) is 19.1 Å². The molecule has 0 spiro atoms. The Morgan fingerprint density at radius 2 is 2.00 bits per heavy atom. The zero-order chi connectivity index (χ0) is 10.8. The summed E-state index contributed by atoms with van der Waals surface area (Å²) in [6, 6.07) is 4.11. The minimum absolute atomic E-state index is 1.01. The molecule has 82 valence electrons. The topological polar surface area (TPSA) is 24.9 Å². The van der Waals surface area contributed by atoms with E-state index in [0.29, 0.717) is 0 Å². The number of allylic oxidation sites excluding steroid dienone is 1. The number of rotatable bonds is 7. The van der Waals surface area contributed by atoms with Crippen molar-refractivity contribution in [1.82, 2.24) is 10.3 Å². The van der Waals surface area contributed by atoms with Gasteiger partial charge in [-0.2, -0.15) is 0 Å². The molecule has 0 fully saturated rings. The summed E-state index contributed by atoms with van der Waals surface area (Å²) in [6.07, 6.45) is 11.5. The molecule has 0 atom stereocenters. The lowest BCUT2D eigenvalue weighted by Crippen LogP contribution is -2.14. The van der Waals surface area contributed by atoms with Gasteiger partial charge in [-0.15, -0.1) is 0 Å². The van der Waals surface area contributed by atoms with Crippen LogP contribution in [0, 0.1) is 0 Å². The first kappa shape index (κ1) is 11.9. The van der Waals surface area contributed by atoms with Crippen LogP contribution in [0.1, 0.15) is 25.3 Å². The molecular formula is C13H20N2. The summed E-state index contributed by atoms with van der Waals surface area (Å²) < 4.78 is 0. The van der Waals surface area contributed by atoms with Crippen LogP contribution < -0.4 is 5.32 Å². The highest BCUT2D eigenvalue weighted by atomic mass is 14.8. The van der Waals surface area contributed by atoms with Gasteiger partial charge >= 0.3 is 0 Å². The van der Waals surface area contributed by atoms with Crippen molar-refractivity contribution in [3.63, 3.8) is 0 Å². The molecule has 0 aliphatic rings. The molecule has 0 amide bonds. The van der Waals surface area contributed by atoms with Gasteiger partial charge in [0, 0.05) is 12.4 Å². The van der Waals surface area contributed by atoms with Gasteiger partial charge in [-0.3, -0.25) is 4.98 Å². The highest BCUT2D eigenvalue weighted by molar-refractivity contribution is 5.13. The third-order valence-electron chi connectivity index (χ3n) is 2.18. The summed E-state index contributed by atoms with van der Waals surface area (Å²) in [5, 5.41) is 3.37. The molecule has 0 saturated heterocycles. The van der Waals surface area contributed by atoms with Crippen LogP contribution in [0.15, 0.2) is 36.7 Å². The fraction of sp³-hybridized carbons (Fsp3) is 0.462. The van der Waals surface area contributed by atoms with E-state index in [0.717, 1.165) is 25.9 Å². The van der Waals surface area contributed by atoms with E-state index >= 15 is 0 Å². The molecule has 0 saturated carbocycles. The number of hydrogen-bond donors (Lipinski definition) is 1. The first-order chi connectivity index (χ1) is 7.43. The normalized spacial score (nSPS) is 11.0. The lowest BCUT2D eigenvalue weighted by molar-refractivity contribution is 0.678. The van der Waals surface area contributed by atoms with E-state index < -0.39 is 0 Å². The molecule has 1 N–H and O–H groups in total. The van der Waals surface area contributed by atoms with Crippen molar-refractivity contribution in [3.8, 4) is 0 Å². The fourth-order valence-electron chi connectivity index (χ4n) is 1.34. The molecular weight excluding hydrogens is 184 g/mol. The van der Waals surface area contributed by atoms with Crippen LogP contribution in [0.2, 0.25) is 0 Å². The maximum Gasteiger partial charge on any atom is 0.0270 e. The fourth-order valence-corrected chi connectivity index (χ4v) is 1.34. The summed E-state index contributed by atoms with van der Waals surface area (Å²) in [6.45, 7) is 4.39. The van der Waals surface area contributed by atoms with Gasteiger partial charge in [-0.05, 0) is 50.0 Å². The number of nitrogens with zero attached hydrogens (tertiary/aromatic N) is 1. The van der Waals surface area contributed by atoms with Crippen LogP contribution >= 0.6 is 0 Å². The number of pyridine rings is 1. The van der Waals surface area contributed by atoms with E-state index in [-0.39, 0.29) is 0 Å². The van der Waals surface area contributed by atoms with Crippen molar-refractivity contribution < 1.29 is 0 Å². The van der Waals surface area contributed by atoms with Crippen LogP contribution in [-0.2, 0) is 6.42 Å². The van der Waals surface area contributed by atoms with E-state index in [4.69, 9.17) is 0 Å². The summed E-state index contributed by atoms with van der Waals surface area (Å²) >= 11 is 0. The monoisotopic (exact) mass is 204 g/mol. The third-order valence-corrected chi connectivity index (χ3v) is 2.18. The maximum atomic E-state index is 3.99. The lowest BCUT2D eigenvalue weighted by Gasteiger charge is -1.98. The highest BCUT2D eigenvalue weighted by Gasteiger charge is 1.86. The SMILES string of the molecule is CCCNCCC=CCc1ccncc1. The molecule has 0 aliphatic carbocycles. The average molecular weight is 204 g/mol. The number of aromatic nitrogens is 1. The summed E-state index contributed by atoms with van der Waals surface area (Å²) in [5.41, 5.74) is 1.32. The lowest BCUT2D eigenvalue weighted by atomic mass is 10.2. The van der Waals surface area contributed by atoms with Crippen LogP contribution in [0.5, 0.6) is 0 Å². The molecule has 2 nitrogen and oxygen atoms in total. The Labute approximate surface area is 92.4 Å². The molecule has 0 aliphatic heterocycles. The Morgan fingerprint density at radius 1 is 1.20 bits per heavy atom. The first-order valence-corrected chi connectivity index (χ1v) is 5.68. The van der Waals surface area contributed by atoms with Crippen molar-refractivity contribution in [2.75, 3.05) is 13.1 Å². The quantitative estimate of drug-likeness (QED) is 0.545. The van der Waals surface area contributed by atoms with Gasteiger partial charge in [0.1, 0.15) is 0 Å². The van der Waals surface area contributed by atoms with Gasteiger partial charge in [0.15, 0.2) is 0 Å². The Kier molecular flexibility index (Phi) is 6.50. The molecule has 2 heteroatoms. The maximum absolute atomic E-state index is 3.99. The van der Waals surface area contributed by atoms with Gasteiger partial charge in [0.05, 0.1) is 0 Å². The Hall–Kier alpha value is -1.15. The van der Waals surface area contributed by atoms with E-state index in [1.165, 1.54) is 12.0 Å². The van der Waals surface area contributed by atoms with Crippen molar-refractivity contribution in [2.24, 2.45) is 0 Å². The van der Waals surface area contributed by atoms with Gasteiger partial charge in [0.2, 0.25) is 0 Å². The minimum Gasteiger partial charge on any atom is -0.316 e. The standard InChI is InChI=1S/C13H20N2/c1-2-9-14-10-5-3-4-6-13-7-11-15-12-8-13/h3-4,7-8,11-12,14H,2,5-6,9-10H2,1H3. The second-order valence-electron chi connectivity index (χ2n) is 3.57. The largest absolute Gasteiger partial charge is 0.316 e. The van der Waals surface area contributed by atoms with Crippen molar-refractivity contribution in [2.45, 2.75) is 26.2 Å². The highest BCUT2D eigenvalue weighted by Crippen LogP contribution is 1.98. The van der Waals surface area contributed by atoms with E-state index in [9.17, 15) is 0 Å². The average Bonchev–Trinajstić information content (AvgIpc) is 2.29. The van der Waals surface area contributed by atoms with Gasteiger partial charge in [-0.25, -0.2) is 0 Å².